The number of rotatable bonds is 10. The smallest absolute Gasteiger partial charge is 0.253 e. The Morgan fingerprint density at radius 1 is 1.06 bits per heavy atom. The summed E-state index contributed by atoms with van der Waals surface area (Å²) in [5.74, 6) is -0.263. The maximum atomic E-state index is 13.3. The number of aryl methyl sites for hydroxylation is 1. The SMILES string of the molecule is CCN(CC)S(=O)(=O)c1ccc(N2CCOCC2)c(C(=O)NCCCn2ccc3ccccc32)c1. The van der Waals surface area contributed by atoms with Crippen molar-refractivity contribution in [2.45, 2.75) is 31.7 Å². The summed E-state index contributed by atoms with van der Waals surface area (Å²) in [6.45, 7) is 8.10. The van der Waals surface area contributed by atoms with E-state index in [9.17, 15) is 13.2 Å². The molecule has 1 aliphatic rings. The van der Waals surface area contributed by atoms with Gasteiger partial charge in [-0.15, -0.1) is 0 Å². The number of carbonyl (C=O) groups is 1. The predicted molar refractivity (Wildman–Crippen MR) is 138 cm³/mol. The van der Waals surface area contributed by atoms with Crippen molar-refractivity contribution in [3.63, 3.8) is 0 Å². The highest BCUT2D eigenvalue weighted by Crippen LogP contribution is 2.27. The maximum Gasteiger partial charge on any atom is 0.253 e. The molecule has 0 atom stereocenters. The second-order valence-electron chi connectivity index (χ2n) is 8.55. The summed E-state index contributed by atoms with van der Waals surface area (Å²) in [5.41, 5.74) is 2.29. The summed E-state index contributed by atoms with van der Waals surface area (Å²) < 4.78 is 35.3. The van der Waals surface area contributed by atoms with Crippen LogP contribution in [0.25, 0.3) is 10.9 Å². The van der Waals surface area contributed by atoms with E-state index < -0.39 is 10.0 Å². The van der Waals surface area contributed by atoms with Gasteiger partial charge >= 0.3 is 0 Å². The molecule has 0 spiro atoms. The zero-order chi connectivity index (χ0) is 24.8. The lowest BCUT2D eigenvalue weighted by atomic mass is 10.1. The van der Waals surface area contributed by atoms with Gasteiger partial charge < -0.3 is 19.5 Å². The Morgan fingerprint density at radius 3 is 2.54 bits per heavy atom. The van der Waals surface area contributed by atoms with Gasteiger partial charge in [-0.3, -0.25) is 4.79 Å². The van der Waals surface area contributed by atoms with E-state index in [0.717, 1.165) is 18.7 Å². The van der Waals surface area contributed by atoms with Crippen LogP contribution in [0.3, 0.4) is 0 Å². The highest BCUT2D eigenvalue weighted by molar-refractivity contribution is 7.89. The number of hydrogen-bond donors (Lipinski definition) is 1. The third-order valence-electron chi connectivity index (χ3n) is 6.45. The topological polar surface area (TPSA) is 83.9 Å². The molecule has 4 rings (SSSR count). The fourth-order valence-corrected chi connectivity index (χ4v) is 6.02. The Kier molecular flexibility index (Phi) is 8.10. The van der Waals surface area contributed by atoms with E-state index in [2.05, 4.69) is 39.2 Å². The van der Waals surface area contributed by atoms with Crippen molar-refractivity contribution < 1.29 is 17.9 Å². The van der Waals surface area contributed by atoms with Crippen molar-refractivity contribution in [3.05, 3.63) is 60.3 Å². The lowest BCUT2D eigenvalue weighted by Crippen LogP contribution is -2.38. The van der Waals surface area contributed by atoms with Gasteiger partial charge in [0.25, 0.3) is 5.91 Å². The number of sulfonamides is 1. The number of nitrogens with zero attached hydrogens (tertiary/aromatic N) is 3. The van der Waals surface area contributed by atoms with Crippen LogP contribution in [0.4, 0.5) is 5.69 Å². The minimum absolute atomic E-state index is 0.141. The van der Waals surface area contributed by atoms with E-state index in [1.165, 1.54) is 21.3 Å². The zero-order valence-electron chi connectivity index (χ0n) is 20.4. The molecule has 3 aromatic rings. The fraction of sp³-hybridized carbons (Fsp3) is 0.423. The molecule has 0 radical (unpaired) electrons. The molecule has 1 N–H and O–H groups in total. The summed E-state index contributed by atoms with van der Waals surface area (Å²) in [5, 5.41) is 4.20. The van der Waals surface area contributed by atoms with Crippen molar-refractivity contribution in [1.82, 2.24) is 14.2 Å². The van der Waals surface area contributed by atoms with Gasteiger partial charge in [0.1, 0.15) is 0 Å². The van der Waals surface area contributed by atoms with E-state index in [1.54, 1.807) is 12.1 Å². The number of nitrogens with one attached hydrogen (secondary N) is 1. The third-order valence-corrected chi connectivity index (χ3v) is 8.50. The van der Waals surface area contributed by atoms with Crippen molar-refractivity contribution in [2.75, 3.05) is 50.8 Å². The Labute approximate surface area is 207 Å². The Hall–Kier alpha value is -2.88. The lowest BCUT2D eigenvalue weighted by molar-refractivity contribution is 0.0951. The van der Waals surface area contributed by atoms with Crippen molar-refractivity contribution >= 4 is 32.5 Å². The molecule has 2 aromatic carbocycles. The van der Waals surface area contributed by atoms with E-state index in [-0.39, 0.29) is 10.8 Å². The van der Waals surface area contributed by atoms with Gasteiger partial charge in [-0.05, 0) is 42.1 Å². The van der Waals surface area contributed by atoms with Gasteiger partial charge in [-0.25, -0.2) is 8.42 Å². The maximum absolute atomic E-state index is 13.3. The molecule has 1 fully saturated rings. The highest BCUT2D eigenvalue weighted by Gasteiger charge is 2.26. The van der Waals surface area contributed by atoms with Crippen LogP contribution in [0.2, 0.25) is 0 Å². The van der Waals surface area contributed by atoms with Crippen LogP contribution in [-0.2, 0) is 21.3 Å². The number of aromatic nitrogens is 1. The largest absolute Gasteiger partial charge is 0.378 e. The highest BCUT2D eigenvalue weighted by atomic mass is 32.2. The van der Waals surface area contributed by atoms with Gasteiger partial charge in [0.15, 0.2) is 0 Å². The molecule has 1 saturated heterocycles. The van der Waals surface area contributed by atoms with Crippen molar-refractivity contribution in [2.24, 2.45) is 0 Å². The fourth-order valence-electron chi connectivity index (χ4n) is 4.53. The molecule has 8 nitrogen and oxygen atoms in total. The Morgan fingerprint density at radius 2 is 1.80 bits per heavy atom. The molecule has 1 aromatic heterocycles. The molecule has 0 aliphatic carbocycles. The summed E-state index contributed by atoms with van der Waals surface area (Å²) in [7, 11) is -3.67. The van der Waals surface area contributed by atoms with E-state index in [0.29, 0.717) is 51.5 Å². The molecular weight excluding hydrogens is 464 g/mol. The molecule has 0 bridgehead atoms. The first-order valence-corrected chi connectivity index (χ1v) is 13.7. The molecule has 188 valence electrons. The first-order chi connectivity index (χ1) is 17.0. The molecule has 9 heteroatoms. The van der Waals surface area contributed by atoms with Gasteiger partial charge in [0.2, 0.25) is 10.0 Å². The minimum Gasteiger partial charge on any atom is -0.378 e. The summed E-state index contributed by atoms with van der Waals surface area (Å²) in [6, 6.07) is 15.2. The second-order valence-corrected chi connectivity index (χ2v) is 10.5. The Bertz CT molecular complexity index is 1260. The van der Waals surface area contributed by atoms with Gasteiger partial charge in [0, 0.05) is 56.7 Å². The molecule has 1 amide bonds. The molecular formula is C26H34N4O4S. The molecule has 0 unspecified atom stereocenters. The number of carbonyl (C=O) groups excluding carboxylic acids is 1. The summed E-state index contributed by atoms with van der Waals surface area (Å²) >= 11 is 0. The van der Waals surface area contributed by atoms with Crippen molar-refractivity contribution in [3.8, 4) is 0 Å². The van der Waals surface area contributed by atoms with Crippen molar-refractivity contribution in [1.29, 1.82) is 0 Å². The number of hydrogen-bond acceptors (Lipinski definition) is 5. The van der Waals surface area contributed by atoms with Gasteiger partial charge in [0.05, 0.1) is 23.7 Å². The number of benzene rings is 2. The molecule has 2 heterocycles. The van der Waals surface area contributed by atoms with Gasteiger partial charge in [-0.2, -0.15) is 4.31 Å². The van der Waals surface area contributed by atoms with Crippen LogP contribution in [-0.4, -0.2) is 69.1 Å². The average molecular weight is 499 g/mol. The lowest BCUT2D eigenvalue weighted by Gasteiger charge is -2.30. The van der Waals surface area contributed by atoms with Crippen LogP contribution < -0.4 is 10.2 Å². The minimum atomic E-state index is -3.67. The van der Waals surface area contributed by atoms with E-state index in [4.69, 9.17) is 4.74 Å². The number of amides is 1. The normalized spacial score (nSPS) is 14.5. The standard InChI is InChI=1S/C26H34N4O4S/c1-3-30(4-2)35(32,33)22-10-11-25(29-16-18-34-19-17-29)23(20-22)26(31)27-13-7-14-28-15-12-21-8-5-6-9-24(21)28/h5-6,8-12,15,20H,3-4,7,13-14,16-19H2,1-2H3,(H,27,31). The van der Waals surface area contributed by atoms with Gasteiger partial charge in [-0.1, -0.05) is 32.0 Å². The average Bonchev–Trinajstić information content (AvgIpc) is 3.30. The van der Waals surface area contributed by atoms with Crippen LogP contribution in [0.1, 0.15) is 30.6 Å². The predicted octanol–water partition coefficient (Wildman–Crippen LogP) is 3.33. The first-order valence-electron chi connectivity index (χ1n) is 12.2. The number of para-hydroxylation sites is 1. The third kappa shape index (κ3) is 5.52. The number of anilines is 1. The van der Waals surface area contributed by atoms with E-state index >= 15 is 0 Å². The number of ether oxygens (including phenoxy) is 1. The van der Waals surface area contributed by atoms with Crippen LogP contribution in [0.15, 0.2) is 59.6 Å². The molecule has 1 aliphatic heterocycles. The van der Waals surface area contributed by atoms with Crippen LogP contribution in [0, 0.1) is 0 Å². The van der Waals surface area contributed by atoms with Crippen LogP contribution in [0.5, 0.6) is 0 Å². The summed E-state index contributed by atoms with van der Waals surface area (Å²) in [6.07, 6.45) is 2.82. The Balaban J connectivity index is 1.51. The van der Waals surface area contributed by atoms with E-state index in [1.807, 2.05) is 26.0 Å². The monoisotopic (exact) mass is 498 g/mol. The molecule has 0 saturated carbocycles. The number of morpholine rings is 1. The quantitative estimate of drug-likeness (QED) is 0.434. The second kappa shape index (κ2) is 11.2. The first kappa shape index (κ1) is 25.2. The molecule has 35 heavy (non-hydrogen) atoms. The summed E-state index contributed by atoms with van der Waals surface area (Å²) in [4.78, 5) is 15.5. The zero-order valence-corrected chi connectivity index (χ0v) is 21.3. The van der Waals surface area contributed by atoms with Crippen LogP contribution >= 0.6 is 0 Å². The number of fused-ring (bicyclic) bond motifs is 1.